The molecule has 0 fully saturated rings. The van der Waals surface area contributed by atoms with Crippen LogP contribution in [0, 0.1) is 0 Å². The van der Waals surface area contributed by atoms with E-state index in [0.29, 0.717) is 11.6 Å². The van der Waals surface area contributed by atoms with E-state index in [4.69, 9.17) is 17.3 Å². The van der Waals surface area contributed by atoms with Crippen molar-refractivity contribution in [2.24, 2.45) is 5.73 Å². The lowest BCUT2D eigenvalue weighted by Gasteiger charge is -2.12. The van der Waals surface area contributed by atoms with Gasteiger partial charge in [0, 0.05) is 6.07 Å². The van der Waals surface area contributed by atoms with Crippen LogP contribution in [0.1, 0.15) is 6.92 Å². The quantitative estimate of drug-likeness (QED) is 0.740. The fourth-order valence-corrected chi connectivity index (χ4v) is 1.36. The lowest BCUT2D eigenvalue weighted by Crippen LogP contribution is -2.33. The molecule has 0 radical (unpaired) electrons. The maximum Gasteiger partial charge on any atom is 0.255 e. The second kappa shape index (κ2) is 3.93. The summed E-state index contributed by atoms with van der Waals surface area (Å²) in [6, 6.07) is 1.01. The highest BCUT2D eigenvalue weighted by molar-refractivity contribution is 6.29. The van der Waals surface area contributed by atoms with Gasteiger partial charge in [0.2, 0.25) is 5.91 Å². The summed E-state index contributed by atoms with van der Waals surface area (Å²) in [5.74, 6) is 0.395. The second-order valence-corrected chi connectivity index (χ2v) is 3.59. The maximum absolute atomic E-state index is 10.9. The van der Waals surface area contributed by atoms with Crippen molar-refractivity contribution in [3.63, 3.8) is 0 Å². The summed E-state index contributed by atoms with van der Waals surface area (Å²) in [6.07, 6.45) is 1.35. The molecule has 2 rings (SSSR count). The Labute approximate surface area is 95.6 Å². The number of nitrogens with zero attached hydrogens (tertiary/aromatic N) is 4. The zero-order valence-electron chi connectivity index (χ0n) is 8.38. The Balaban J connectivity index is 2.42. The number of nitrogens with two attached hydrogens (primary N) is 1. The summed E-state index contributed by atoms with van der Waals surface area (Å²) < 4.78 is 1.44. The highest BCUT2D eigenvalue weighted by atomic mass is 35.5. The van der Waals surface area contributed by atoms with Crippen molar-refractivity contribution in [3.05, 3.63) is 17.5 Å². The van der Waals surface area contributed by atoms with Crippen LogP contribution in [0.5, 0.6) is 0 Å². The molecule has 1 atom stereocenters. The smallest absolute Gasteiger partial charge is 0.255 e. The lowest BCUT2D eigenvalue weighted by molar-refractivity contribution is -0.118. The van der Waals surface area contributed by atoms with Crippen molar-refractivity contribution in [2.45, 2.75) is 13.0 Å². The number of aromatic nitrogens is 4. The Hall–Kier alpha value is -1.89. The van der Waals surface area contributed by atoms with E-state index in [1.165, 1.54) is 10.8 Å². The minimum Gasteiger partial charge on any atom is -0.368 e. The van der Waals surface area contributed by atoms with Gasteiger partial charge in [0.1, 0.15) is 23.3 Å². The molecule has 0 bridgehead atoms. The van der Waals surface area contributed by atoms with Gasteiger partial charge in [-0.3, -0.25) is 4.79 Å². The predicted molar refractivity (Wildman–Crippen MR) is 58.1 cm³/mol. The van der Waals surface area contributed by atoms with Gasteiger partial charge >= 0.3 is 0 Å². The van der Waals surface area contributed by atoms with Crippen molar-refractivity contribution >= 4 is 29.1 Å². The summed E-state index contributed by atoms with van der Waals surface area (Å²) in [7, 11) is 0. The SMILES string of the molecule is CC(Nc1cc(Cl)nc2ncnn12)C(N)=O. The van der Waals surface area contributed by atoms with E-state index < -0.39 is 11.9 Å². The first-order valence-electron chi connectivity index (χ1n) is 4.50. The molecule has 0 aliphatic rings. The molecule has 0 spiro atoms. The van der Waals surface area contributed by atoms with Gasteiger partial charge in [-0.05, 0) is 6.92 Å². The number of halogens is 1. The van der Waals surface area contributed by atoms with Gasteiger partial charge in [-0.15, -0.1) is 0 Å². The number of amides is 1. The normalized spacial score (nSPS) is 12.6. The third-order valence-corrected chi connectivity index (χ3v) is 2.21. The molecule has 0 saturated carbocycles. The Morgan fingerprint density at radius 2 is 2.44 bits per heavy atom. The van der Waals surface area contributed by atoms with Crippen LogP contribution in [0.4, 0.5) is 5.82 Å². The molecular formula is C8H9ClN6O. The average molecular weight is 241 g/mol. The van der Waals surface area contributed by atoms with E-state index in [2.05, 4.69) is 20.4 Å². The number of carbonyl (C=O) groups excluding carboxylic acids is 1. The number of hydrogen-bond donors (Lipinski definition) is 2. The summed E-state index contributed by atoms with van der Waals surface area (Å²) >= 11 is 5.80. The van der Waals surface area contributed by atoms with E-state index in [1.807, 2.05) is 0 Å². The predicted octanol–water partition coefficient (Wildman–Crippen LogP) is 0.0634. The van der Waals surface area contributed by atoms with Gasteiger partial charge in [0.15, 0.2) is 0 Å². The molecule has 0 aliphatic heterocycles. The van der Waals surface area contributed by atoms with Crippen LogP contribution in [0.25, 0.3) is 5.78 Å². The molecule has 7 nitrogen and oxygen atoms in total. The van der Waals surface area contributed by atoms with Gasteiger partial charge in [0.05, 0.1) is 0 Å². The molecule has 3 N–H and O–H groups in total. The van der Waals surface area contributed by atoms with Crippen LogP contribution >= 0.6 is 11.6 Å². The zero-order chi connectivity index (χ0) is 11.7. The van der Waals surface area contributed by atoms with Gasteiger partial charge in [-0.2, -0.15) is 19.6 Å². The molecule has 1 unspecified atom stereocenters. The van der Waals surface area contributed by atoms with Crippen LogP contribution in [-0.4, -0.2) is 31.5 Å². The minimum atomic E-state index is -0.536. The average Bonchev–Trinajstić information content (AvgIpc) is 2.65. The number of nitrogens with one attached hydrogen (secondary N) is 1. The van der Waals surface area contributed by atoms with Crippen molar-refractivity contribution in [2.75, 3.05) is 5.32 Å². The molecule has 0 aromatic carbocycles. The first-order chi connectivity index (χ1) is 7.58. The van der Waals surface area contributed by atoms with Crippen molar-refractivity contribution in [3.8, 4) is 0 Å². The molecule has 2 aromatic heterocycles. The number of primary amides is 1. The Morgan fingerprint density at radius 3 is 3.12 bits per heavy atom. The van der Waals surface area contributed by atoms with Crippen LogP contribution < -0.4 is 11.1 Å². The number of fused-ring (bicyclic) bond motifs is 1. The molecule has 1 amide bonds. The van der Waals surface area contributed by atoms with Crippen LogP contribution in [0.15, 0.2) is 12.4 Å². The van der Waals surface area contributed by atoms with Gasteiger partial charge < -0.3 is 11.1 Å². The summed E-state index contributed by atoms with van der Waals surface area (Å²) in [5, 5.41) is 7.08. The lowest BCUT2D eigenvalue weighted by atomic mass is 10.3. The van der Waals surface area contributed by atoms with Crippen LogP contribution in [0.3, 0.4) is 0 Å². The fraction of sp³-hybridized carbons (Fsp3) is 0.250. The summed E-state index contributed by atoms with van der Waals surface area (Å²) in [4.78, 5) is 18.8. The molecule has 2 heterocycles. The molecule has 8 heteroatoms. The zero-order valence-corrected chi connectivity index (χ0v) is 9.14. The Morgan fingerprint density at radius 1 is 1.69 bits per heavy atom. The molecule has 84 valence electrons. The first kappa shape index (κ1) is 10.6. The van der Waals surface area contributed by atoms with E-state index >= 15 is 0 Å². The number of anilines is 1. The topological polar surface area (TPSA) is 98.2 Å². The van der Waals surface area contributed by atoms with E-state index in [1.54, 1.807) is 13.0 Å². The summed E-state index contributed by atoms with van der Waals surface area (Å²) in [6.45, 7) is 1.64. The van der Waals surface area contributed by atoms with Crippen LogP contribution in [-0.2, 0) is 4.79 Å². The maximum atomic E-state index is 10.9. The van der Waals surface area contributed by atoms with Crippen LogP contribution in [0.2, 0.25) is 5.15 Å². The number of hydrogen-bond acceptors (Lipinski definition) is 5. The Kier molecular flexibility index (Phi) is 2.61. The Bertz CT molecular complexity index is 538. The molecule has 0 aliphatic carbocycles. The van der Waals surface area contributed by atoms with Crippen molar-refractivity contribution in [1.29, 1.82) is 0 Å². The highest BCUT2D eigenvalue weighted by Gasteiger charge is 2.12. The largest absolute Gasteiger partial charge is 0.368 e. The third kappa shape index (κ3) is 1.89. The highest BCUT2D eigenvalue weighted by Crippen LogP contribution is 2.15. The number of carbonyl (C=O) groups is 1. The monoisotopic (exact) mass is 240 g/mol. The molecular weight excluding hydrogens is 232 g/mol. The van der Waals surface area contributed by atoms with Crippen molar-refractivity contribution < 1.29 is 4.79 Å². The van der Waals surface area contributed by atoms with Gasteiger partial charge in [0.25, 0.3) is 5.78 Å². The van der Waals surface area contributed by atoms with E-state index in [-0.39, 0.29) is 5.15 Å². The fourth-order valence-electron chi connectivity index (χ4n) is 1.18. The molecule has 0 saturated heterocycles. The standard InChI is InChI=1S/C8H9ClN6O/c1-4(7(10)16)13-6-2-5(9)14-8-11-3-12-15(6)8/h2-4,13H,1H3,(H2,10,16). The minimum absolute atomic E-state index is 0.264. The first-order valence-corrected chi connectivity index (χ1v) is 4.88. The van der Waals surface area contributed by atoms with Crippen molar-refractivity contribution in [1.82, 2.24) is 19.6 Å². The molecule has 16 heavy (non-hydrogen) atoms. The van der Waals surface area contributed by atoms with E-state index in [0.717, 1.165) is 0 Å². The molecule has 2 aromatic rings. The second-order valence-electron chi connectivity index (χ2n) is 3.20. The number of rotatable bonds is 3. The van der Waals surface area contributed by atoms with E-state index in [9.17, 15) is 4.79 Å². The third-order valence-electron chi connectivity index (χ3n) is 2.01. The van der Waals surface area contributed by atoms with Gasteiger partial charge in [-0.25, -0.2) is 0 Å². The van der Waals surface area contributed by atoms with Gasteiger partial charge in [-0.1, -0.05) is 11.6 Å². The summed E-state index contributed by atoms with van der Waals surface area (Å²) in [5.41, 5.74) is 5.15.